The molecular weight excluding hydrogens is 380 g/mol. The molecule has 0 saturated heterocycles. The van der Waals surface area contributed by atoms with E-state index in [4.69, 9.17) is 0 Å². The first kappa shape index (κ1) is 17.7. The fourth-order valence-electron chi connectivity index (χ4n) is 3.32. The van der Waals surface area contributed by atoms with Crippen molar-refractivity contribution in [2.24, 2.45) is 0 Å². The van der Waals surface area contributed by atoms with Crippen molar-refractivity contribution >= 4 is 33.4 Å². The van der Waals surface area contributed by atoms with Gasteiger partial charge in [-0.2, -0.15) is 0 Å². The smallest absolute Gasteiger partial charge is 0.244 e. The van der Waals surface area contributed by atoms with Gasteiger partial charge in [-0.15, -0.1) is 0 Å². The van der Waals surface area contributed by atoms with Crippen molar-refractivity contribution in [2.45, 2.75) is 25.2 Å². The molecule has 1 aliphatic carbocycles. The molecule has 0 fully saturated rings. The average Bonchev–Trinajstić information content (AvgIpc) is 2.62. The van der Waals surface area contributed by atoms with Crippen LogP contribution in [0.25, 0.3) is 0 Å². The lowest BCUT2D eigenvalue weighted by Crippen LogP contribution is -2.38. The number of fused-ring (bicyclic) bond motifs is 1. The van der Waals surface area contributed by atoms with Gasteiger partial charge in [0.1, 0.15) is 0 Å². The van der Waals surface area contributed by atoms with Crippen molar-refractivity contribution in [2.75, 3.05) is 18.9 Å². The minimum Gasteiger partial charge on any atom is -0.336 e. The zero-order valence-corrected chi connectivity index (χ0v) is 15.8. The summed E-state index contributed by atoms with van der Waals surface area (Å²) in [7, 11) is 1.69. The van der Waals surface area contributed by atoms with E-state index in [1.807, 2.05) is 42.5 Å². The molecule has 2 aromatic carbocycles. The molecule has 1 N–H and O–H groups in total. The Morgan fingerprint density at radius 3 is 2.68 bits per heavy atom. The topological polar surface area (TPSA) is 49.4 Å². The predicted octanol–water partition coefficient (Wildman–Crippen LogP) is 3.97. The zero-order valence-electron chi connectivity index (χ0n) is 14.2. The number of halogens is 1. The average molecular weight is 401 g/mol. The predicted molar refractivity (Wildman–Crippen MR) is 103 cm³/mol. The van der Waals surface area contributed by atoms with Gasteiger partial charge in [0.25, 0.3) is 0 Å². The highest BCUT2D eigenvalue weighted by atomic mass is 79.9. The Morgan fingerprint density at radius 2 is 1.88 bits per heavy atom. The van der Waals surface area contributed by atoms with Crippen LogP contribution >= 0.6 is 15.9 Å². The van der Waals surface area contributed by atoms with Crippen LogP contribution in [0.5, 0.6) is 0 Å². The summed E-state index contributed by atoms with van der Waals surface area (Å²) in [4.78, 5) is 26.7. The molecule has 2 aromatic rings. The molecule has 2 amide bonds. The maximum Gasteiger partial charge on any atom is 0.244 e. The largest absolute Gasteiger partial charge is 0.336 e. The molecule has 3 rings (SSSR count). The normalized spacial score (nSPS) is 16.0. The Balaban J connectivity index is 1.65. The van der Waals surface area contributed by atoms with Gasteiger partial charge in [0.2, 0.25) is 11.8 Å². The van der Waals surface area contributed by atoms with Crippen molar-refractivity contribution in [3.63, 3.8) is 0 Å². The molecule has 0 bridgehead atoms. The molecule has 4 nitrogen and oxygen atoms in total. The fourth-order valence-corrected chi connectivity index (χ4v) is 3.71. The maximum atomic E-state index is 12.9. The van der Waals surface area contributed by atoms with Gasteiger partial charge in [0.15, 0.2) is 0 Å². The molecule has 5 heteroatoms. The first-order valence-electron chi connectivity index (χ1n) is 8.43. The molecule has 0 spiro atoms. The number of nitrogens with zero attached hydrogens (tertiary/aromatic N) is 1. The number of amides is 2. The van der Waals surface area contributed by atoms with Gasteiger partial charge >= 0.3 is 0 Å². The van der Waals surface area contributed by atoms with E-state index in [9.17, 15) is 9.59 Å². The maximum absolute atomic E-state index is 12.9. The first-order valence-corrected chi connectivity index (χ1v) is 9.22. The highest BCUT2D eigenvalue weighted by Crippen LogP contribution is 2.32. The fraction of sp³-hybridized carbons (Fsp3) is 0.300. The third-order valence-corrected chi connectivity index (χ3v) is 5.26. The first-order chi connectivity index (χ1) is 12.1. The number of hydrogen-bond donors (Lipinski definition) is 1. The third-order valence-electron chi connectivity index (χ3n) is 4.57. The van der Waals surface area contributed by atoms with Crippen molar-refractivity contribution in [1.29, 1.82) is 0 Å². The van der Waals surface area contributed by atoms with Crippen LogP contribution in [-0.4, -0.2) is 30.3 Å². The lowest BCUT2D eigenvalue weighted by atomic mass is 9.82. The summed E-state index contributed by atoms with van der Waals surface area (Å²) in [6.07, 6.45) is 2.86. The summed E-state index contributed by atoms with van der Waals surface area (Å²) >= 11 is 3.41. The summed E-state index contributed by atoms with van der Waals surface area (Å²) in [6.45, 7) is 0.0405. The lowest BCUT2D eigenvalue weighted by Gasteiger charge is -2.28. The van der Waals surface area contributed by atoms with Crippen molar-refractivity contribution < 1.29 is 9.59 Å². The van der Waals surface area contributed by atoms with E-state index in [1.165, 1.54) is 10.5 Å². The molecule has 1 atom stereocenters. The monoisotopic (exact) mass is 400 g/mol. The van der Waals surface area contributed by atoms with Gasteiger partial charge in [-0.05, 0) is 58.5 Å². The number of carbonyl (C=O) groups is 2. The van der Waals surface area contributed by atoms with Gasteiger partial charge in [-0.1, -0.05) is 36.4 Å². The summed E-state index contributed by atoms with van der Waals surface area (Å²) in [5.41, 5.74) is 3.06. The van der Waals surface area contributed by atoms with E-state index in [0.29, 0.717) is 5.69 Å². The zero-order chi connectivity index (χ0) is 17.8. The van der Waals surface area contributed by atoms with E-state index in [-0.39, 0.29) is 24.3 Å². The SMILES string of the molecule is CN(CC(=O)Nc1ccccc1Br)C(=O)C1CCCc2ccccc21. The minimum absolute atomic E-state index is 0.00873. The van der Waals surface area contributed by atoms with E-state index >= 15 is 0 Å². The highest BCUT2D eigenvalue weighted by molar-refractivity contribution is 9.10. The molecule has 0 aliphatic heterocycles. The van der Waals surface area contributed by atoms with Crippen LogP contribution in [0.15, 0.2) is 53.0 Å². The van der Waals surface area contributed by atoms with Crippen LogP contribution in [0.4, 0.5) is 5.69 Å². The van der Waals surface area contributed by atoms with Crippen LogP contribution in [-0.2, 0) is 16.0 Å². The van der Waals surface area contributed by atoms with Gasteiger partial charge in [-0.25, -0.2) is 0 Å². The Bertz CT molecular complexity index is 791. The third kappa shape index (κ3) is 4.10. The summed E-state index contributed by atoms with van der Waals surface area (Å²) in [5, 5.41) is 2.84. The molecule has 130 valence electrons. The number of carbonyl (C=O) groups excluding carboxylic acids is 2. The summed E-state index contributed by atoms with van der Waals surface area (Å²) in [6, 6.07) is 15.5. The van der Waals surface area contributed by atoms with Crippen molar-refractivity contribution in [1.82, 2.24) is 4.90 Å². The lowest BCUT2D eigenvalue weighted by molar-refractivity contribution is -0.134. The number of para-hydroxylation sites is 1. The number of nitrogens with one attached hydrogen (secondary N) is 1. The second-order valence-electron chi connectivity index (χ2n) is 6.37. The summed E-state index contributed by atoms with van der Waals surface area (Å²) < 4.78 is 0.818. The number of hydrogen-bond acceptors (Lipinski definition) is 2. The summed E-state index contributed by atoms with van der Waals surface area (Å²) in [5.74, 6) is -0.340. The number of anilines is 1. The van der Waals surface area contributed by atoms with Crippen LogP contribution < -0.4 is 5.32 Å². The van der Waals surface area contributed by atoms with Crippen molar-refractivity contribution in [3.8, 4) is 0 Å². The number of aryl methyl sites for hydroxylation is 1. The van der Waals surface area contributed by atoms with Gasteiger partial charge in [0, 0.05) is 11.5 Å². The molecule has 25 heavy (non-hydrogen) atoms. The Kier molecular flexibility index (Phi) is 5.53. The number of likely N-dealkylation sites (N-methyl/N-ethyl adjacent to an activating group) is 1. The van der Waals surface area contributed by atoms with Crippen LogP contribution in [0.1, 0.15) is 29.9 Å². The Labute approximate surface area is 156 Å². The standard InChI is InChI=1S/C20H21BrN2O2/c1-23(13-19(24)22-18-12-5-4-11-17(18)21)20(25)16-10-6-8-14-7-2-3-9-15(14)16/h2-5,7,9,11-12,16H,6,8,10,13H2,1H3,(H,22,24). The Hall–Kier alpha value is -2.14. The molecular formula is C20H21BrN2O2. The number of rotatable bonds is 4. The van der Waals surface area contributed by atoms with E-state index in [1.54, 1.807) is 7.05 Å². The minimum atomic E-state index is -0.202. The molecule has 0 heterocycles. The quantitative estimate of drug-likeness (QED) is 0.843. The van der Waals surface area contributed by atoms with E-state index in [0.717, 1.165) is 29.3 Å². The second-order valence-corrected chi connectivity index (χ2v) is 7.22. The van der Waals surface area contributed by atoms with Crippen LogP contribution in [0.3, 0.4) is 0 Å². The van der Waals surface area contributed by atoms with Crippen LogP contribution in [0.2, 0.25) is 0 Å². The van der Waals surface area contributed by atoms with Crippen LogP contribution in [0, 0.1) is 0 Å². The van der Waals surface area contributed by atoms with Gasteiger partial charge in [-0.3, -0.25) is 9.59 Å². The highest BCUT2D eigenvalue weighted by Gasteiger charge is 2.29. The second kappa shape index (κ2) is 7.83. The number of benzene rings is 2. The van der Waals surface area contributed by atoms with Crippen molar-refractivity contribution in [3.05, 3.63) is 64.1 Å². The molecule has 1 unspecified atom stereocenters. The van der Waals surface area contributed by atoms with Gasteiger partial charge in [0.05, 0.1) is 18.2 Å². The van der Waals surface area contributed by atoms with E-state index in [2.05, 4.69) is 27.3 Å². The molecule has 0 radical (unpaired) electrons. The molecule has 0 aromatic heterocycles. The van der Waals surface area contributed by atoms with E-state index < -0.39 is 0 Å². The molecule has 1 aliphatic rings. The molecule has 0 saturated carbocycles. The van der Waals surface area contributed by atoms with Gasteiger partial charge < -0.3 is 10.2 Å². The Morgan fingerprint density at radius 1 is 1.16 bits per heavy atom.